The molecule has 0 saturated heterocycles. The van der Waals surface area contributed by atoms with Gasteiger partial charge in [0.15, 0.2) is 17.3 Å². The third kappa shape index (κ3) is 3.27. The first-order valence-corrected chi connectivity index (χ1v) is 10.2. The van der Waals surface area contributed by atoms with Crippen LogP contribution in [0.2, 0.25) is 0 Å². The van der Waals surface area contributed by atoms with Crippen molar-refractivity contribution in [2.45, 2.75) is 13.1 Å². The summed E-state index contributed by atoms with van der Waals surface area (Å²) in [4.78, 5) is 15.0. The summed E-state index contributed by atoms with van der Waals surface area (Å²) in [5.74, 6) is 2.42. The van der Waals surface area contributed by atoms with Crippen LogP contribution in [-0.4, -0.2) is 24.2 Å². The summed E-state index contributed by atoms with van der Waals surface area (Å²) >= 11 is 0. The Kier molecular flexibility index (Phi) is 4.36. The smallest absolute Gasteiger partial charge is 0.231 e. The summed E-state index contributed by atoms with van der Waals surface area (Å²) in [5.41, 5.74) is 3.11. The number of fused-ring (bicyclic) bond motifs is 4. The molecule has 0 radical (unpaired) electrons. The van der Waals surface area contributed by atoms with Crippen molar-refractivity contribution in [3.8, 4) is 23.0 Å². The fourth-order valence-electron chi connectivity index (χ4n) is 4.11. The third-order valence-corrected chi connectivity index (χ3v) is 5.69. The van der Waals surface area contributed by atoms with E-state index in [0.29, 0.717) is 42.4 Å². The quantitative estimate of drug-likeness (QED) is 0.569. The van der Waals surface area contributed by atoms with Crippen LogP contribution in [0.3, 0.4) is 0 Å². The molecule has 0 fully saturated rings. The molecule has 0 amide bonds. The molecule has 0 aromatic heterocycles. The summed E-state index contributed by atoms with van der Waals surface area (Å²) in [6.45, 7) is 1.88. The van der Waals surface area contributed by atoms with Crippen molar-refractivity contribution in [2.75, 3.05) is 13.5 Å². The highest BCUT2D eigenvalue weighted by Crippen LogP contribution is 2.42. The number of hydrogen-bond acceptors (Lipinski definition) is 6. The molecule has 3 aromatic rings. The molecule has 0 saturated carbocycles. The number of hydrogen-bond donors (Lipinski definition) is 0. The first-order valence-electron chi connectivity index (χ1n) is 10.2. The Labute approximate surface area is 183 Å². The molecular formula is C25H18FNO5. The van der Waals surface area contributed by atoms with Crippen molar-refractivity contribution in [2.24, 2.45) is 0 Å². The van der Waals surface area contributed by atoms with Gasteiger partial charge in [0, 0.05) is 13.1 Å². The lowest BCUT2D eigenvalue weighted by Crippen LogP contribution is -2.31. The first kappa shape index (κ1) is 18.9. The van der Waals surface area contributed by atoms with Crippen molar-refractivity contribution in [1.82, 2.24) is 4.90 Å². The number of Topliss-reactive ketones (excluding diaryl/α,β-unsaturated/α-hetero) is 1. The lowest BCUT2D eigenvalue weighted by atomic mass is 10.0. The van der Waals surface area contributed by atoms with Gasteiger partial charge in [0.1, 0.15) is 24.0 Å². The van der Waals surface area contributed by atoms with Crippen LogP contribution in [0.25, 0.3) is 6.08 Å². The average Bonchev–Trinajstić information content (AvgIpc) is 3.40. The monoisotopic (exact) mass is 431 g/mol. The second-order valence-corrected chi connectivity index (χ2v) is 7.86. The van der Waals surface area contributed by atoms with E-state index in [1.807, 2.05) is 24.3 Å². The van der Waals surface area contributed by atoms with Gasteiger partial charge in [-0.05, 0) is 53.6 Å². The fraction of sp³-hybridized carbons (Fsp3) is 0.160. The van der Waals surface area contributed by atoms with Crippen LogP contribution >= 0.6 is 0 Å². The van der Waals surface area contributed by atoms with Crippen LogP contribution in [0.1, 0.15) is 27.0 Å². The molecule has 32 heavy (non-hydrogen) atoms. The van der Waals surface area contributed by atoms with Crippen molar-refractivity contribution in [3.63, 3.8) is 0 Å². The normalized spacial score (nSPS) is 17.7. The highest BCUT2D eigenvalue weighted by atomic mass is 19.1. The lowest BCUT2D eigenvalue weighted by Gasteiger charge is -2.29. The Morgan fingerprint density at radius 1 is 0.938 bits per heavy atom. The molecule has 0 spiro atoms. The standard InChI is InChI=1S/C25H18FNO5/c26-17-4-1-15(2-5-17)9-23-24(28)18-6-8-20-19(25(18)32-23)12-27(13-29-20)11-16-3-7-21-22(10-16)31-14-30-21/h1-10H,11-14H2/b23-9-. The van der Waals surface area contributed by atoms with Gasteiger partial charge >= 0.3 is 0 Å². The summed E-state index contributed by atoms with van der Waals surface area (Å²) in [6.07, 6.45) is 1.63. The molecule has 3 aromatic carbocycles. The van der Waals surface area contributed by atoms with E-state index in [9.17, 15) is 9.18 Å². The van der Waals surface area contributed by atoms with E-state index in [2.05, 4.69) is 4.90 Å². The Morgan fingerprint density at radius 2 is 1.75 bits per heavy atom. The van der Waals surface area contributed by atoms with Gasteiger partial charge in [-0.3, -0.25) is 9.69 Å². The number of ether oxygens (including phenoxy) is 4. The Bertz CT molecular complexity index is 1270. The second kappa shape index (κ2) is 7.39. The molecule has 3 heterocycles. The van der Waals surface area contributed by atoms with Gasteiger partial charge in [-0.15, -0.1) is 0 Å². The number of ketones is 1. The minimum Gasteiger partial charge on any atom is -0.478 e. The molecule has 6 nitrogen and oxygen atoms in total. The SMILES string of the molecule is O=C1/C(=C/c2ccc(F)cc2)Oc2c1ccc1c2CN(Cc2ccc3c(c2)OCO3)CO1. The van der Waals surface area contributed by atoms with Gasteiger partial charge < -0.3 is 18.9 Å². The zero-order valence-corrected chi connectivity index (χ0v) is 17.0. The van der Waals surface area contributed by atoms with Crippen molar-refractivity contribution >= 4 is 11.9 Å². The number of carbonyl (C=O) groups is 1. The molecule has 0 N–H and O–H groups in total. The predicted molar refractivity (Wildman–Crippen MR) is 113 cm³/mol. The molecule has 0 aliphatic carbocycles. The fourth-order valence-corrected chi connectivity index (χ4v) is 4.11. The lowest BCUT2D eigenvalue weighted by molar-refractivity contribution is 0.0872. The predicted octanol–water partition coefficient (Wildman–Crippen LogP) is 4.52. The van der Waals surface area contributed by atoms with Crippen LogP contribution in [0.4, 0.5) is 4.39 Å². The van der Waals surface area contributed by atoms with Crippen LogP contribution in [0, 0.1) is 5.82 Å². The van der Waals surface area contributed by atoms with E-state index in [1.165, 1.54) is 12.1 Å². The van der Waals surface area contributed by atoms with Crippen LogP contribution in [0.5, 0.6) is 23.0 Å². The van der Waals surface area contributed by atoms with Crippen LogP contribution < -0.4 is 18.9 Å². The number of carbonyl (C=O) groups excluding carboxylic acids is 1. The van der Waals surface area contributed by atoms with Gasteiger partial charge in [-0.1, -0.05) is 18.2 Å². The van der Waals surface area contributed by atoms with E-state index in [-0.39, 0.29) is 24.2 Å². The van der Waals surface area contributed by atoms with Crippen LogP contribution in [0.15, 0.2) is 60.4 Å². The van der Waals surface area contributed by atoms with E-state index in [0.717, 1.165) is 22.6 Å². The molecule has 7 heteroatoms. The van der Waals surface area contributed by atoms with E-state index in [1.54, 1.807) is 24.3 Å². The third-order valence-electron chi connectivity index (χ3n) is 5.69. The van der Waals surface area contributed by atoms with E-state index < -0.39 is 0 Å². The minimum atomic E-state index is -0.331. The molecule has 3 aliphatic rings. The summed E-state index contributed by atoms with van der Waals surface area (Å²) in [7, 11) is 0. The summed E-state index contributed by atoms with van der Waals surface area (Å²) in [6, 6.07) is 15.3. The van der Waals surface area contributed by atoms with E-state index in [4.69, 9.17) is 18.9 Å². The number of halogens is 1. The minimum absolute atomic E-state index is 0.194. The molecule has 0 atom stereocenters. The topological polar surface area (TPSA) is 57.2 Å². The maximum absolute atomic E-state index is 13.2. The first-order chi connectivity index (χ1) is 15.6. The maximum Gasteiger partial charge on any atom is 0.231 e. The maximum atomic E-state index is 13.2. The summed E-state index contributed by atoms with van der Waals surface area (Å²) < 4.78 is 36.0. The van der Waals surface area contributed by atoms with Gasteiger partial charge in [0.2, 0.25) is 12.6 Å². The average molecular weight is 431 g/mol. The van der Waals surface area contributed by atoms with Gasteiger partial charge in [-0.2, -0.15) is 0 Å². The largest absolute Gasteiger partial charge is 0.478 e. The van der Waals surface area contributed by atoms with E-state index >= 15 is 0 Å². The van der Waals surface area contributed by atoms with Crippen molar-refractivity contribution < 1.29 is 28.1 Å². The zero-order chi connectivity index (χ0) is 21.7. The van der Waals surface area contributed by atoms with Crippen molar-refractivity contribution in [3.05, 3.63) is 88.4 Å². The Hall–Kier alpha value is -3.84. The number of rotatable bonds is 3. The van der Waals surface area contributed by atoms with Gasteiger partial charge in [0.25, 0.3) is 0 Å². The molecule has 0 unspecified atom stereocenters. The Morgan fingerprint density at radius 3 is 2.62 bits per heavy atom. The van der Waals surface area contributed by atoms with Crippen molar-refractivity contribution in [1.29, 1.82) is 0 Å². The molecule has 160 valence electrons. The Balaban J connectivity index is 1.26. The zero-order valence-electron chi connectivity index (χ0n) is 17.0. The summed E-state index contributed by atoms with van der Waals surface area (Å²) in [5, 5.41) is 0. The number of benzene rings is 3. The highest BCUT2D eigenvalue weighted by Gasteiger charge is 2.33. The highest BCUT2D eigenvalue weighted by molar-refractivity contribution is 6.15. The molecular weight excluding hydrogens is 413 g/mol. The molecule has 0 bridgehead atoms. The van der Waals surface area contributed by atoms with Gasteiger partial charge in [0.05, 0.1) is 11.1 Å². The number of allylic oxidation sites excluding steroid dienone is 1. The molecule has 3 aliphatic heterocycles. The van der Waals surface area contributed by atoms with Gasteiger partial charge in [-0.25, -0.2) is 4.39 Å². The molecule has 6 rings (SSSR count). The number of nitrogens with zero attached hydrogens (tertiary/aromatic N) is 1. The van der Waals surface area contributed by atoms with Crippen LogP contribution in [-0.2, 0) is 13.1 Å². The second-order valence-electron chi connectivity index (χ2n) is 7.86.